The number of aliphatic carboxylic acids is 1. The van der Waals surface area contributed by atoms with Crippen molar-refractivity contribution in [2.24, 2.45) is 0 Å². The molecule has 5 heteroatoms. The standard InChI is InChI=1S/C7H10O4.ClH/c1-3-5(6(8)9)7(10)11-4-2;/h3H,4H2,1-2H3,(H,8,9);1H. The van der Waals surface area contributed by atoms with Gasteiger partial charge in [0, 0.05) is 0 Å². The molecule has 0 aliphatic rings. The number of hydrogen-bond donors (Lipinski definition) is 1. The quantitative estimate of drug-likeness (QED) is 0.315. The summed E-state index contributed by atoms with van der Waals surface area (Å²) in [6, 6.07) is 0. The van der Waals surface area contributed by atoms with Gasteiger partial charge in [0.1, 0.15) is 5.57 Å². The Morgan fingerprint density at radius 3 is 2.25 bits per heavy atom. The smallest absolute Gasteiger partial charge is 0.345 e. The van der Waals surface area contributed by atoms with E-state index in [-0.39, 0.29) is 24.6 Å². The molecule has 0 heterocycles. The van der Waals surface area contributed by atoms with Crippen LogP contribution in [0.3, 0.4) is 0 Å². The summed E-state index contributed by atoms with van der Waals surface area (Å²) < 4.78 is 4.47. The molecule has 0 saturated heterocycles. The molecular formula is C7H11ClO4. The van der Waals surface area contributed by atoms with Crippen LogP contribution in [-0.2, 0) is 14.3 Å². The maximum absolute atomic E-state index is 10.7. The number of ether oxygens (including phenoxy) is 1. The van der Waals surface area contributed by atoms with Crippen LogP contribution in [0.5, 0.6) is 0 Å². The van der Waals surface area contributed by atoms with Crippen molar-refractivity contribution in [3.63, 3.8) is 0 Å². The molecule has 0 rings (SSSR count). The minimum Gasteiger partial charge on any atom is -0.477 e. The van der Waals surface area contributed by atoms with Gasteiger partial charge in [0.15, 0.2) is 0 Å². The first-order valence-electron chi connectivity index (χ1n) is 3.20. The predicted molar refractivity (Wildman–Crippen MR) is 45.3 cm³/mol. The molecule has 0 radical (unpaired) electrons. The van der Waals surface area contributed by atoms with E-state index in [1.54, 1.807) is 6.92 Å². The fourth-order valence-corrected chi connectivity index (χ4v) is 0.537. The molecule has 0 aromatic carbocycles. The van der Waals surface area contributed by atoms with Crippen molar-refractivity contribution in [2.75, 3.05) is 6.61 Å². The fraction of sp³-hybridized carbons (Fsp3) is 0.429. The number of carbonyl (C=O) groups is 2. The van der Waals surface area contributed by atoms with Gasteiger partial charge < -0.3 is 9.84 Å². The van der Waals surface area contributed by atoms with E-state index in [1.807, 2.05) is 0 Å². The summed E-state index contributed by atoms with van der Waals surface area (Å²) in [5.74, 6) is -2.05. The van der Waals surface area contributed by atoms with Crippen molar-refractivity contribution in [1.82, 2.24) is 0 Å². The molecule has 0 atom stereocenters. The van der Waals surface area contributed by atoms with Crippen LogP contribution in [0.1, 0.15) is 13.8 Å². The third kappa shape index (κ3) is 3.98. The number of allylic oxidation sites excluding steroid dienone is 1. The molecule has 70 valence electrons. The molecular weight excluding hydrogens is 184 g/mol. The second-order valence-electron chi connectivity index (χ2n) is 1.73. The summed E-state index contributed by atoms with van der Waals surface area (Å²) in [7, 11) is 0. The van der Waals surface area contributed by atoms with Crippen molar-refractivity contribution in [1.29, 1.82) is 0 Å². The van der Waals surface area contributed by atoms with E-state index < -0.39 is 11.9 Å². The Labute approximate surface area is 76.6 Å². The summed E-state index contributed by atoms with van der Waals surface area (Å²) in [6.07, 6.45) is 1.21. The summed E-state index contributed by atoms with van der Waals surface area (Å²) in [5.41, 5.74) is -0.327. The second kappa shape index (κ2) is 6.67. The lowest BCUT2D eigenvalue weighted by Crippen LogP contribution is -2.14. The van der Waals surface area contributed by atoms with Crippen LogP contribution >= 0.6 is 12.4 Å². The van der Waals surface area contributed by atoms with Gasteiger partial charge in [-0.1, -0.05) is 6.08 Å². The maximum Gasteiger partial charge on any atom is 0.345 e. The minimum atomic E-state index is -1.26. The Bertz CT molecular complexity index is 198. The van der Waals surface area contributed by atoms with E-state index in [9.17, 15) is 9.59 Å². The fourth-order valence-electron chi connectivity index (χ4n) is 0.537. The molecule has 4 nitrogen and oxygen atoms in total. The van der Waals surface area contributed by atoms with Crippen molar-refractivity contribution in [3.8, 4) is 0 Å². The molecule has 1 N–H and O–H groups in total. The number of esters is 1. The second-order valence-corrected chi connectivity index (χ2v) is 1.73. The van der Waals surface area contributed by atoms with Crippen molar-refractivity contribution in [3.05, 3.63) is 11.6 Å². The van der Waals surface area contributed by atoms with Gasteiger partial charge in [-0.15, -0.1) is 12.4 Å². The molecule has 0 unspecified atom stereocenters. The van der Waals surface area contributed by atoms with Crippen LogP contribution in [0.2, 0.25) is 0 Å². The van der Waals surface area contributed by atoms with Gasteiger partial charge in [0.05, 0.1) is 6.61 Å². The van der Waals surface area contributed by atoms with Gasteiger partial charge in [0.25, 0.3) is 0 Å². The van der Waals surface area contributed by atoms with Gasteiger partial charge in [-0.05, 0) is 13.8 Å². The van der Waals surface area contributed by atoms with Crippen molar-refractivity contribution >= 4 is 24.3 Å². The van der Waals surface area contributed by atoms with Gasteiger partial charge in [-0.25, -0.2) is 9.59 Å². The summed E-state index contributed by atoms with van der Waals surface area (Å²) in [4.78, 5) is 21.0. The highest BCUT2D eigenvalue weighted by molar-refractivity contribution is 6.13. The van der Waals surface area contributed by atoms with E-state index in [4.69, 9.17) is 5.11 Å². The zero-order valence-corrected chi connectivity index (χ0v) is 7.68. The van der Waals surface area contributed by atoms with Gasteiger partial charge >= 0.3 is 11.9 Å². The zero-order chi connectivity index (χ0) is 8.85. The van der Waals surface area contributed by atoms with Crippen LogP contribution in [-0.4, -0.2) is 23.7 Å². The Kier molecular flexibility index (Phi) is 7.53. The maximum atomic E-state index is 10.7. The van der Waals surface area contributed by atoms with E-state index >= 15 is 0 Å². The first kappa shape index (κ1) is 13.6. The number of carbonyl (C=O) groups excluding carboxylic acids is 1. The van der Waals surface area contributed by atoms with Crippen LogP contribution < -0.4 is 0 Å². The Hall–Kier alpha value is -1.03. The number of carboxylic acids is 1. The highest BCUT2D eigenvalue weighted by atomic mass is 35.5. The molecule has 0 aromatic rings. The molecule has 0 saturated carbocycles. The van der Waals surface area contributed by atoms with E-state index in [1.165, 1.54) is 13.0 Å². The molecule has 12 heavy (non-hydrogen) atoms. The summed E-state index contributed by atoms with van der Waals surface area (Å²) >= 11 is 0. The molecule has 0 spiro atoms. The number of hydrogen-bond acceptors (Lipinski definition) is 3. The Morgan fingerprint density at radius 1 is 1.50 bits per heavy atom. The van der Waals surface area contributed by atoms with E-state index in [2.05, 4.69) is 4.74 Å². The molecule has 0 aliphatic heterocycles. The molecule has 0 bridgehead atoms. The SMILES string of the molecule is CC=C(C(=O)O)C(=O)OCC.Cl. The third-order valence-electron chi connectivity index (χ3n) is 1.01. The lowest BCUT2D eigenvalue weighted by molar-refractivity contribution is -0.143. The number of rotatable bonds is 3. The average Bonchev–Trinajstić information content (AvgIpc) is 1.88. The van der Waals surface area contributed by atoms with Crippen molar-refractivity contribution in [2.45, 2.75) is 13.8 Å². The third-order valence-corrected chi connectivity index (χ3v) is 1.01. The lowest BCUT2D eigenvalue weighted by atomic mass is 10.2. The average molecular weight is 195 g/mol. The Balaban J connectivity index is 0. The minimum absolute atomic E-state index is 0. The predicted octanol–water partition coefficient (Wildman–Crippen LogP) is 1.00. The zero-order valence-electron chi connectivity index (χ0n) is 6.86. The van der Waals surface area contributed by atoms with Gasteiger partial charge in [0.2, 0.25) is 0 Å². The summed E-state index contributed by atoms with van der Waals surface area (Å²) in [5, 5.41) is 8.40. The Morgan fingerprint density at radius 2 is 2.00 bits per heavy atom. The molecule has 0 aliphatic carbocycles. The first-order valence-corrected chi connectivity index (χ1v) is 3.20. The van der Waals surface area contributed by atoms with Gasteiger partial charge in [-0.3, -0.25) is 0 Å². The highest BCUT2D eigenvalue weighted by Crippen LogP contribution is 1.97. The first-order chi connectivity index (χ1) is 5.13. The molecule has 0 amide bonds. The van der Waals surface area contributed by atoms with E-state index in [0.717, 1.165) is 0 Å². The van der Waals surface area contributed by atoms with Crippen molar-refractivity contribution < 1.29 is 19.4 Å². The van der Waals surface area contributed by atoms with Crippen LogP contribution in [0.25, 0.3) is 0 Å². The molecule has 0 aromatic heterocycles. The number of carboxylic acid groups (broad SMARTS) is 1. The van der Waals surface area contributed by atoms with Gasteiger partial charge in [-0.2, -0.15) is 0 Å². The molecule has 0 fully saturated rings. The summed E-state index contributed by atoms with van der Waals surface area (Å²) in [6.45, 7) is 3.27. The number of halogens is 1. The largest absolute Gasteiger partial charge is 0.477 e. The highest BCUT2D eigenvalue weighted by Gasteiger charge is 2.16. The van der Waals surface area contributed by atoms with Crippen LogP contribution in [0, 0.1) is 0 Å². The van der Waals surface area contributed by atoms with Crippen LogP contribution in [0.15, 0.2) is 11.6 Å². The monoisotopic (exact) mass is 194 g/mol. The van der Waals surface area contributed by atoms with Crippen LogP contribution in [0.4, 0.5) is 0 Å². The normalized spacial score (nSPS) is 10.0. The topological polar surface area (TPSA) is 63.6 Å². The lowest BCUT2D eigenvalue weighted by Gasteiger charge is -1.99. The van der Waals surface area contributed by atoms with E-state index in [0.29, 0.717) is 0 Å².